The van der Waals surface area contributed by atoms with Gasteiger partial charge < -0.3 is 26.0 Å². The number of carboxylic acid groups (broad SMARTS) is 1. The molecule has 31 heavy (non-hydrogen) atoms. The summed E-state index contributed by atoms with van der Waals surface area (Å²) in [5.74, 6) is 0.253. The fourth-order valence-corrected chi connectivity index (χ4v) is 3.60. The number of hydrogen-bond donors (Lipinski definition) is 4. The number of aromatic carboxylic acids is 1. The summed E-state index contributed by atoms with van der Waals surface area (Å²) in [7, 11) is 0. The first-order chi connectivity index (χ1) is 15.0. The van der Waals surface area contributed by atoms with Crippen molar-refractivity contribution in [1.29, 1.82) is 0 Å². The molecule has 5 N–H and O–H groups in total. The van der Waals surface area contributed by atoms with E-state index in [-0.39, 0.29) is 11.7 Å². The third kappa shape index (κ3) is 4.99. The highest BCUT2D eigenvalue weighted by Crippen LogP contribution is 2.32. The average Bonchev–Trinajstić information content (AvgIpc) is 2.79. The molecule has 8 heteroatoms. The van der Waals surface area contributed by atoms with Crippen LogP contribution in [0.4, 0.5) is 5.82 Å². The molecule has 0 fully saturated rings. The maximum Gasteiger partial charge on any atom is 0.337 e. The number of carboxylic acids is 1. The number of aliphatic hydroxyl groups is 1. The van der Waals surface area contributed by atoms with Gasteiger partial charge in [0.15, 0.2) is 0 Å². The van der Waals surface area contributed by atoms with Crippen molar-refractivity contribution in [2.45, 2.75) is 25.0 Å². The minimum Gasteiger partial charge on any atom is -0.489 e. The number of aromatic nitrogens is 2. The van der Waals surface area contributed by atoms with Gasteiger partial charge in [0, 0.05) is 42.8 Å². The summed E-state index contributed by atoms with van der Waals surface area (Å²) in [6, 6.07) is 10.9. The van der Waals surface area contributed by atoms with Gasteiger partial charge in [-0.05, 0) is 48.2 Å². The van der Waals surface area contributed by atoms with Crippen molar-refractivity contribution in [3.8, 4) is 16.9 Å². The number of pyridine rings is 2. The Labute approximate surface area is 179 Å². The average molecular weight is 420 g/mol. The van der Waals surface area contributed by atoms with E-state index in [0.717, 1.165) is 35.3 Å². The highest BCUT2D eigenvalue weighted by molar-refractivity contribution is 5.88. The van der Waals surface area contributed by atoms with Crippen molar-refractivity contribution in [2.24, 2.45) is 0 Å². The van der Waals surface area contributed by atoms with Crippen molar-refractivity contribution < 1.29 is 19.7 Å². The predicted molar refractivity (Wildman–Crippen MR) is 116 cm³/mol. The summed E-state index contributed by atoms with van der Waals surface area (Å²) in [5.41, 5.74) is 9.21. The summed E-state index contributed by atoms with van der Waals surface area (Å²) >= 11 is 0. The summed E-state index contributed by atoms with van der Waals surface area (Å²) in [6.45, 7) is 1.01. The fourth-order valence-electron chi connectivity index (χ4n) is 3.60. The molecule has 0 radical (unpaired) electrons. The number of aliphatic hydroxyl groups excluding tert-OH is 1. The highest BCUT2D eigenvalue weighted by Gasteiger charge is 2.21. The second-order valence-corrected chi connectivity index (χ2v) is 7.56. The standard InChI is InChI=1S/C23H24N4O4/c24-22-6-3-16(11-27-22)20(28)13-26-12-19-4-1-15-7-14(2-5-21(15)31-19)17-8-18(23(29)30)10-25-9-17/h2-3,5-11,19-20,26,28H,1,4,12-13H2,(H2,24,27)(H,29,30)/t19-,20-/m1/s1. The largest absolute Gasteiger partial charge is 0.489 e. The lowest BCUT2D eigenvalue weighted by Crippen LogP contribution is -2.36. The molecule has 0 saturated heterocycles. The van der Waals surface area contributed by atoms with E-state index in [1.54, 1.807) is 30.6 Å². The lowest BCUT2D eigenvalue weighted by molar-refractivity contribution is 0.0696. The summed E-state index contributed by atoms with van der Waals surface area (Å²) < 4.78 is 6.11. The van der Waals surface area contributed by atoms with Crippen LogP contribution in [0.15, 0.2) is 55.0 Å². The number of rotatable bonds is 7. The van der Waals surface area contributed by atoms with Crippen molar-refractivity contribution in [2.75, 3.05) is 18.8 Å². The summed E-state index contributed by atoms with van der Waals surface area (Å²) in [6.07, 6.45) is 5.61. The zero-order valence-corrected chi connectivity index (χ0v) is 16.9. The number of nitrogens with zero attached hydrogens (tertiary/aromatic N) is 2. The van der Waals surface area contributed by atoms with Crippen molar-refractivity contribution in [1.82, 2.24) is 15.3 Å². The maximum absolute atomic E-state index is 11.2. The molecule has 1 aromatic carbocycles. The molecule has 0 amide bonds. The Bertz CT molecular complexity index is 1070. The van der Waals surface area contributed by atoms with E-state index in [9.17, 15) is 9.90 Å². The van der Waals surface area contributed by atoms with Crippen LogP contribution in [0.3, 0.4) is 0 Å². The van der Waals surface area contributed by atoms with Gasteiger partial charge in [-0.25, -0.2) is 9.78 Å². The lowest BCUT2D eigenvalue weighted by atomic mass is 9.97. The van der Waals surface area contributed by atoms with Gasteiger partial charge in [0.05, 0.1) is 11.7 Å². The Morgan fingerprint density at radius 2 is 2.06 bits per heavy atom. The number of nitrogens with two attached hydrogens (primary N) is 1. The normalized spacial score (nSPS) is 16.2. The minimum absolute atomic E-state index is 0.00657. The van der Waals surface area contributed by atoms with E-state index >= 15 is 0 Å². The van der Waals surface area contributed by atoms with Gasteiger partial charge in [-0.1, -0.05) is 12.1 Å². The van der Waals surface area contributed by atoms with Crippen LogP contribution in [0.1, 0.15) is 34.0 Å². The zero-order valence-electron chi connectivity index (χ0n) is 16.9. The zero-order chi connectivity index (χ0) is 21.8. The molecule has 4 rings (SSSR count). The molecule has 2 atom stereocenters. The molecular formula is C23H24N4O4. The molecule has 0 spiro atoms. The fraction of sp³-hybridized carbons (Fsp3) is 0.261. The number of anilines is 1. The van der Waals surface area contributed by atoms with Gasteiger partial charge in [0.2, 0.25) is 0 Å². The Balaban J connectivity index is 1.34. The van der Waals surface area contributed by atoms with Crippen LogP contribution in [-0.2, 0) is 6.42 Å². The first kappa shape index (κ1) is 20.8. The van der Waals surface area contributed by atoms with Crippen LogP contribution in [-0.4, -0.2) is 45.3 Å². The van der Waals surface area contributed by atoms with Crippen LogP contribution >= 0.6 is 0 Å². The number of fused-ring (bicyclic) bond motifs is 1. The third-order valence-electron chi connectivity index (χ3n) is 5.31. The minimum atomic E-state index is -0.997. The van der Waals surface area contributed by atoms with E-state index in [0.29, 0.717) is 24.5 Å². The number of hydrogen-bond acceptors (Lipinski definition) is 7. The third-order valence-corrected chi connectivity index (χ3v) is 5.31. The molecular weight excluding hydrogens is 396 g/mol. The van der Waals surface area contributed by atoms with Crippen molar-refractivity contribution >= 4 is 11.8 Å². The highest BCUT2D eigenvalue weighted by atomic mass is 16.5. The molecule has 3 aromatic rings. The molecule has 0 unspecified atom stereocenters. The van der Waals surface area contributed by atoms with Crippen molar-refractivity contribution in [3.63, 3.8) is 0 Å². The van der Waals surface area contributed by atoms with Crippen LogP contribution in [0.5, 0.6) is 5.75 Å². The molecule has 1 aliphatic heterocycles. The van der Waals surface area contributed by atoms with E-state index < -0.39 is 12.1 Å². The lowest BCUT2D eigenvalue weighted by Gasteiger charge is -2.27. The molecule has 0 bridgehead atoms. The van der Waals surface area contributed by atoms with E-state index in [4.69, 9.17) is 15.6 Å². The summed E-state index contributed by atoms with van der Waals surface area (Å²) in [5, 5.41) is 22.7. The molecule has 0 saturated carbocycles. The van der Waals surface area contributed by atoms with Gasteiger partial charge in [-0.15, -0.1) is 0 Å². The monoisotopic (exact) mass is 420 g/mol. The quantitative estimate of drug-likeness (QED) is 0.458. The number of carbonyl (C=O) groups is 1. The van der Waals surface area contributed by atoms with Gasteiger partial charge in [-0.3, -0.25) is 4.98 Å². The maximum atomic E-state index is 11.2. The second kappa shape index (κ2) is 9.11. The van der Waals surface area contributed by atoms with E-state index in [2.05, 4.69) is 15.3 Å². The number of nitrogen functional groups attached to an aromatic ring is 1. The molecule has 1 aliphatic rings. The Morgan fingerprint density at radius 1 is 1.19 bits per heavy atom. The predicted octanol–water partition coefficient (Wildman–Crippen LogP) is 2.44. The van der Waals surface area contributed by atoms with E-state index in [1.807, 2.05) is 18.2 Å². The molecule has 3 heterocycles. The first-order valence-corrected chi connectivity index (χ1v) is 10.1. The molecule has 2 aromatic heterocycles. The van der Waals surface area contributed by atoms with E-state index in [1.165, 1.54) is 6.20 Å². The van der Waals surface area contributed by atoms with Crippen LogP contribution in [0.2, 0.25) is 0 Å². The SMILES string of the molecule is Nc1ccc([C@H](O)CNC[C@H]2CCc3cc(-c4cncc(C(=O)O)c4)ccc3O2)cn1. The Hall–Kier alpha value is -3.49. The molecule has 160 valence electrons. The number of ether oxygens (including phenoxy) is 1. The Morgan fingerprint density at radius 3 is 2.84 bits per heavy atom. The van der Waals surface area contributed by atoms with Gasteiger partial charge >= 0.3 is 5.97 Å². The van der Waals surface area contributed by atoms with Gasteiger partial charge in [0.1, 0.15) is 17.7 Å². The summed E-state index contributed by atoms with van der Waals surface area (Å²) in [4.78, 5) is 19.2. The number of nitrogens with one attached hydrogen (secondary N) is 1. The van der Waals surface area contributed by atoms with Crippen LogP contribution < -0.4 is 15.8 Å². The number of benzene rings is 1. The van der Waals surface area contributed by atoms with Crippen LogP contribution in [0.25, 0.3) is 11.1 Å². The second-order valence-electron chi connectivity index (χ2n) is 7.56. The van der Waals surface area contributed by atoms with Gasteiger partial charge in [0.25, 0.3) is 0 Å². The molecule has 8 nitrogen and oxygen atoms in total. The van der Waals surface area contributed by atoms with Crippen LogP contribution in [0, 0.1) is 0 Å². The number of aryl methyl sites for hydroxylation is 1. The first-order valence-electron chi connectivity index (χ1n) is 10.1. The smallest absolute Gasteiger partial charge is 0.337 e. The van der Waals surface area contributed by atoms with Crippen molar-refractivity contribution in [3.05, 3.63) is 71.7 Å². The van der Waals surface area contributed by atoms with Gasteiger partial charge in [-0.2, -0.15) is 0 Å². The molecule has 0 aliphatic carbocycles. The topological polar surface area (TPSA) is 131 Å². The Kier molecular flexibility index (Phi) is 6.11.